The first-order chi connectivity index (χ1) is 13.9. The van der Waals surface area contributed by atoms with Crippen LogP contribution in [0.1, 0.15) is 30.4 Å². The summed E-state index contributed by atoms with van der Waals surface area (Å²) in [7, 11) is -1.31. The summed E-state index contributed by atoms with van der Waals surface area (Å²) in [6.45, 7) is 1.91. The molecular weight excluding hydrogens is 416 g/mol. The Morgan fingerprint density at radius 2 is 1.97 bits per heavy atom. The molecule has 4 rings (SSSR count). The Bertz CT molecular complexity index is 1080. The Morgan fingerprint density at radius 3 is 2.66 bits per heavy atom. The second-order valence-electron chi connectivity index (χ2n) is 6.87. The van der Waals surface area contributed by atoms with Crippen LogP contribution in [0.15, 0.2) is 38.3 Å². The maximum atomic E-state index is 11.6. The van der Waals surface area contributed by atoms with Crippen molar-refractivity contribution >= 4 is 21.6 Å². The minimum Gasteiger partial charge on any atom is -0.497 e. The maximum absolute atomic E-state index is 11.6. The van der Waals surface area contributed by atoms with Gasteiger partial charge >= 0.3 is 0 Å². The van der Waals surface area contributed by atoms with E-state index >= 15 is 0 Å². The van der Waals surface area contributed by atoms with E-state index in [1.807, 2.05) is 31.2 Å². The molecule has 0 unspecified atom stereocenters. The van der Waals surface area contributed by atoms with E-state index in [2.05, 4.69) is 20.4 Å². The SMILES string of the molecule is COc1ccc(-c2nnc([C@H](C)Sc3nnc(C[C@@H]4CCS(=O)(=O)C4)o3)o2)cc1. The van der Waals surface area contributed by atoms with Crippen LogP contribution < -0.4 is 4.74 Å². The Hall–Kier alpha value is -2.40. The summed E-state index contributed by atoms with van der Waals surface area (Å²) in [6.07, 6.45) is 1.11. The van der Waals surface area contributed by atoms with E-state index in [1.165, 1.54) is 11.8 Å². The van der Waals surface area contributed by atoms with Gasteiger partial charge in [0.25, 0.3) is 5.22 Å². The van der Waals surface area contributed by atoms with E-state index in [9.17, 15) is 8.42 Å². The summed E-state index contributed by atoms with van der Waals surface area (Å²) in [5.74, 6) is 2.53. The van der Waals surface area contributed by atoms with Crippen LogP contribution in [0.3, 0.4) is 0 Å². The Labute approximate surface area is 172 Å². The van der Waals surface area contributed by atoms with Gasteiger partial charge in [-0.1, -0.05) is 11.8 Å². The predicted molar refractivity (Wildman–Crippen MR) is 105 cm³/mol. The van der Waals surface area contributed by atoms with Gasteiger partial charge in [-0.05, 0) is 43.5 Å². The fourth-order valence-corrected chi connectivity index (χ4v) is 5.69. The molecule has 11 heteroatoms. The van der Waals surface area contributed by atoms with Crippen molar-refractivity contribution in [1.82, 2.24) is 20.4 Å². The van der Waals surface area contributed by atoms with Crippen molar-refractivity contribution in [2.24, 2.45) is 5.92 Å². The fraction of sp³-hybridized carbons (Fsp3) is 0.444. The molecule has 0 saturated carbocycles. The Balaban J connectivity index is 1.38. The number of nitrogens with zero attached hydrogens (tertiary/aromatic N) is 4. The standard InChI is InChI=1S/C18H20N4O5S2/c1-11(16-20-21-17(27-16)13-3-5-14(25-2)6-4-13)28-18-22-19-15(26-18)9-12-7-8-29(23,24)10-12/h3-6,11-12H,7-10H2,1-2H3/t11-,12-/m0/s1. The Kier molecular flexibility index (Phi) is 5.59. The van der Waals surface area contributed by atoms with Gasteiger partial charge < -0.3 is 13.6 Å². The van der Waals surface area contributed by atoms with Gasteiger partial charge in [0.1, 0.15) is 5.75 Å². The molecule has 3 heterocycles. The van der Waals surface area contributed by atoms with Gasteiger partial charge in [0, 0.05) is 12.0 Å². The number of hydrogen-bond acceptors (Lipinski definition) is 10. The zero-order valence-corrected chi connectivity index (χ0v) is 17.6. The minimum absolute atomic E-state index is 0.0405. The van der Waals surface area contributed by atoms with Crippen molar-refractivity contribution in [3.8, 4) is 17.2 Å². The molecule has 0 radical (unpaired) electrons. The minimum atomic E-state index is -2.92. The number of sulfone groups is 1. The largest absolute Gasteiger partial charge is 0.497 e. The quantitative estimate of drug-likeness (QED) is 0.511. The molecule has 1 aliphatic heterocycles. The highest BCUT2D eigenvalue weighted by molar-refractivity contribution is 7.99. The van der Waals surface area contributed by atoms with Gasteiger partial charge in [0.15, 0.2) is 9.84 Å². The van der Waals surface area contributed by atoms with Crippen LogP contribution in [0.25, 0.3) is 11.5 Å². The third-order valence-electron chi connectivity index (χ3n) is 4.64. The van der Waals surface area contributed by atoms with E-state index in [1.54, 1.807) is 7.11 Å². The molecule has 0 aliphatic carbocycles. The van der Waals surface area contributed by atoms with E-state index in [0.717, 1.165) is 11.3 Å². The molecule has 1 saturated heterocycles. The average molecular weight is 437 g/mol. The molecule has 1 aliphatic rings. The van der Waals surface area contributed by atoms with Gasteiger partial charge in [-0.3, -0.25) is 0 Å². The summed E-state index contributed by atoms with van der Waals surface area (Å²) in [4.78, 5) is 0. The number of benzene rings is 1. The number of aromatic nitrogens is 4. The monoisotopic (exact) mass is 436 g/mol. The summed E-state index contributed by atoms with van der Waals surface area (Å²) in [5.41, 5.74) is 0.799. The van der Waals surface area contributed by atoms with Crippen LogP contribution in [-0.4, -0.2) is 47.4 Å². The van der Waals surface area contributed by atoms with E-state index in [-0.39, 0.29) is 22.7 Å². The molecule has 1 fully saturated rings. The van der Waals surface area contributed by atoms with Crippen molar-refractivity contribution in [1.29, 1.82) is 0 Å². The molecule has 2 aromatic heterocycles. The topological polar surface area (TPSA) is 121 Å². The van der Waals surface area contributed by atoms with Crippen LogP contribution in [0, 0.1) is 5.92 Å². The van der Waals surface area contributed by atoms with Crippen molar-refractivity contribution in [3.63, 3.8) is 0 Å². The number of rotatable bonds is 7. The van der Waals surface area contributed by atoms with Gasteiger partial charge in [0.2, 0.25) is 17.7 Å². The smallest absolute Gasteiger partial charge is 0.277 e. The van der Waals surface area contributed by atoms with Crippen LogP contribution in [0.2, 0.25) is 0 Å². The first kappa shape index (κ1) is 19.9. The van der Waals surface area contributed by atoms with Crippen LogP contribution >= 0.6 is 11.8 Å². The summed E-state index contributed by atoms with van der Waals surface area (Å²) in [5, 5.41) is 16.5. The lowest BCUT2D eigenvalue weighted by Gasteiger charge is -2.03. The van der Waals surface area contributed by atoms with E-state index in [4.69, 9.17) is 13.6 Å². The van der Waals surface area contributed by atoms with Crippen LogP contribution in [0.5, 0.6) is 5.75 Å². The van der Waals surface area contributed by atoms with E-state index in [0.29, 0.717) is 35.7 Å². The molecule has 2 atom stereocenters. The number of methoxy groups -OCH3 is 1. The second kappa shape index (κ2) is 8.15. The first-order valence-corrected chi connectivity index (χ1v) is 11.8. The predicted octanol–water partition coefficient (Wildman–Crippen LogP) is 2.96. The molecular formula is C18H20N4O5S2. The lowest BCUT2D eigenvalue weighted by molar-refractivity contribution is 0.388. The summed E-state index contributed by atoms with van der Waals surface area (Å²) in [6, 6.07) is 7.35. The number of hydrogen-bond donors (Lipinski definition) is 0. The normalized spacial score (nSPS) is 19.3. The van der Waals surface area contributed by atoms with E-state index < -0.39 is 9.84 Å². The lowest BCUT2D eigenvalue weighted by atomic mass is 10.1. The zero-order chi connectivity index (χ0) is 20.4. The molecule has 0 spiro atoms. The van der Waals surface area contributed by atoms with Crippen molar-refractivity contribution in [2.45, 2.75) is 30.2 Å². The van der Waals surface area contributed by atoms with Gasteiger partial charge in [-0.2, -0.15) is 0 Å². The highest BCUT2D eigenvalue weighted by Gasteiger charge is 2.29. The molecule has 154 valence electrons. The van der Waals surface area contributed by atoms with Crippen LogP contribution in [-0.2, 0) is 16.3 Å². The number of thioether (sulfide) groups is 1. The maximum Gasteiger partial charge on any atom is 0.277 e. The highest BCUT2D eigenvalue weighted by atomic mass is 32.2. The summed E-state index contributed by atoms with van der Waals surface area (Å²) >= 11 is 1.32. The third-order valence-corrected chi connectivity index (χ3v) is 7.40. The van der Waals surface area contributed by atoms with Crippen molar-refractivity contribution in [3.05, 3.63) is 36.0 Å². The van der Waals surface area contributed by atoms with Crippen LogP contribution in [0.4, 0.5) is 0 Å². The van der Waals surface area contributed by atoms with Gasteiger partial charge in [-0.15, -0.1) is 20.4 Å². The molecule has 9 nitrogen and oxygen atoms in total. The Morgan fingerprint density at radius 1 is 1.17 bits per heavy atom. The number of ether oxygens (including phenoxy) is 1. The first-order valence-electron chi connectivity index (χ1n) is 9.09. The highest BCUT2D eigenvalue weighted by Crippen LogP contribution is 2.35. The fourth-order valence-electron chi connectivity index (χ4n) is 3.10. The molecule has 0 bridgehead atoms. The molecule has 0 amide bonds. The van der Waals surface area contributed by atoms with Crippen molar-refractivity contribution in [2.75, 3.05) is 18.6 Å². The zero-order valence-electron chi connectivity index (χ0n) is 15.9. The van der Waals surface area contributed by atoms with Gasteiger partial charge in [0.05, 0.1) is 23.9 Å². The second-order valence-corrected chi connectivity index (χ2v) is 10.4. The molecule has 0 N–H and O–H groups in total. The molecule has 29 heavy (non-hydrogen) atoms. The third kappa shape index (κ3) is 4.78. The van der Waals surface area contributed by atoms with Crippen molar-refractivity contribution < 1.29 is 22.0 Å². The molecule has 1 aromatic carbocycles. The van der Waals surface area contributed by atoms with Gasteiger partial charge in [-0.25, -0.2) is 8.42 Å². The average Bonchev–Trinajstić information content (AvgIpc) is 3.42. The lowest BCUT2D eigenvalue weighted by Crippen LogP contribution is -2.07. The summed E-state index contributed by atoms with van der Waals surface area (Å²) < 4.78 is 39.7. The molecule has 3 aromatic rings.